The fourth-order valence-corrected chi connectivity index (χ4v) is 3.28. The van der Waals surface area contributed by atoms with Gasteiger partial charge >= 0.3 is 0 Å². The van der Waals surface area contributed by atoms with Crippen LogP contribution in [0.3, 0.4) is 0 Å². The number of hydrogen-bond acceptors (Lipinski definition) is 4. The zero-order chi connectivity index (χ0) is 16.2. The Morgan fingerprint density at radius 3 is 2.83 bits per heavy atom. The number of rotatable bonds is 4. The maximum atomic E-state index is 12.1. The van der Waals surface area contributed by atoms with Crippen LogP contribution in [0.15, 0.2) is 53.7 Å². The molecule has 116 valence electrons. The number of hydrogen-bond donors (Lipinski definition) is 1. The highest BCUT2D eigenvalue weighted by molar-refractivity contribution is 8.00. The molecule has 1 N–H and O–H groups in total. The van der Waals surface area contributed by atoms with Crippen molar-refractivity contribution in [2.75, 3.05) is 11.1 Å². The summed E-state index contributed by atoms with van der Waals surface area (Å²) in [5.74, 6) is 0.341. The molecule has 7 heteroatoms. The average molecular weight is 364 g/mol. The Balaban J connectivity index is 1.69. The van der Waals surface area contributed by atoms with E-state index in [-0.39, 0.29) is 11.7 Å². The summed E-state index contributed by atoms with van der Waals surface area (Å²) in [7, 11) is 0. The molecule has 0 aliphatic heterocycles. The number of fused-ring (bicyclic) bond motifs is 1. The molecular formula is C16H11Cl2N3OS. The van der Waals surface area contributed by atoms with Crippen LogP contribution in [-0.2, 0) is 4.79 Å². The van der Waals surface area contributed by atoms with Gasteiger partial charge in [-0.3, -0.25) is 9.78 Å². The first kappa shape index (κ1) is 16.1. The van der Waals surface area contributed by atoms with Crippen molar-refractivity contribution >= 4 is 57.6 Å². The van der Waals surface area contributed by atoms with Gasteiger partial charge in [-0.2, -0.15) is 0 Å². The molecule has 2 aromatic heterocycles. The van der Waals surface area contributed by atoms with Crippen molar-refractivity contribution < 1.29 is 4.79 Å². The highest BCUT2D eigenvalue weighted by atomic mass is 35.5. The Morgan fingerprint density at radius 1 is 1.17 bits per heavy atom. The van der Waals surface area contributed by atoms with E-state index >= 15 is 0 Å². The predicted octanol–water partition coefficient (Wildman–Crippen LogP) is 4.67. The number of carbonyl (C=O) groups excluding carboxylic acids is 1. The van der Waals surface area contributed by atoms with Gasteiger partial charge in [-0.25, -0.2) is 4.98 Å². The SMILES string of the molecule is O=C(CSc1cccc2cccnc12)Nc1ncc(Cl)cc1Cl. The number of thioether (sulfide) groups is 1. The van der Waals surface area contributed by atoms with Crippen molar-refractivity contribution in [3.05, 3.63) is 58.8 Å². The van der Waals surface area contributed by atoms with E-state index < -0.39 is 0 Å². The minimum atomic E-state index is -0.195. The first-order chi connectivity index (χ1) is 11.1. The number of anilines is 1. The molecule has 0 spiro atoms. The summed E-state index contributed by atoms with van der Waals surface area (Å²) in [5, 5.41) is 4.44. The van der Waals surface area contributed by atoms with Crippen LogP contribution in [0, 0.1) is 0 Å². The summed E-state index contributed by atoms with van der Waals surface area (Å²) in [6.07, 6.45) is 3.18. The monoisotopic (exact) mass is 363 g/mol. The van der Waals surface area contributed by atoms with E-state index in [4.69, 9.17) is 23.2 Å². The van der Waals surface area contributed by atoms with Crippen molar-refractivity contribution in [3.8, 4) is 0 Å². The Morgan fingerprint density at radius 2 is 2.00 bits per heavy atom. The number of pyridine rings is 2. The number of halogens is 2. The number of benzene rings is 1. The number of nitrogens with zero attached hydrogens (tertiary/aromatic N) is 2. The summed E-state index contributed by atoms with van der Waals surface area (Å²) in [5.41, 5.74) is 0.885. The lowest BCUT2D eigenvalue weighted by molar-refractivity contribution is -0.113. The molecule has 0 aliphatic carbocycles. The molecule has 0 saturated carbocycles. The van der Waals surface area contributed by atoms with E-state index in [1.165, 1.54) is 24.0 Å². The first-order valence-corrected chi connectivity index (χ1v) is 8.45. The minimum Gasteiger partial charge on any atom is -0.309 e. The first-order valence-electron chi connectivity index (χ1n) is 6.71. The zero-order valence-corrected chi connectivity index (χ0v) is 14.1. The van der Waals surface area contributed by atoms with Crippen LogP contribution in [-0.4, -0.2) is 21.6 Å². The Hall–Kier alpha value is -1.82. The average Bonchev–Trinajstić information content (AvgIpc) is 2.55. The van der Waals surface area contributed by atoms with Crippen LogP contribution in [0.5, 0.6) is 0 Å². The van der Waals surface area contributed by atoms with Gasteiger partial charge < -0.3 is 5.32 Å². The largest absolute Gasteiger partial charge is 0.309 e. The molecular weight excluding hydrogens is 353 g/mol. The molecule has 0 bridgehead atoms. The van der Waals surface area contributed by atoms with Gasteiger partial charge in [0, 0.05) is 22.7 Å². The van der Waals surface area contributed by atoms with Gasteiger partial charge in [0.1, 0.15) is 0 Å². The Labute approximate surface area is 147 Å². The second-order valence-corrected chi connectivity index (χ2v) is 6.51. The quantitative estimate of drug-likeness (QED) is 0.684. The Bertz CT molecular complexity index is 868. The molecule has 0 atom stereocenters. The Kier molecular flexibility index (Phi) is 5.00. The van der Waals surface area contributed by atoms with Crippen LogP contribution >= 0.6 is 35.0 Å². The highest BCUT2D eigenvalue weighted by Gasteiger charge is 2.10. The van der Waals surface area contributed by atoms with E-state index in [2.05, 4.69) is 15.3 Å². The molecule has 0 unspecified atom stereocenters. The van der Waals surface area contributed by atoms with Gasteiger partial charge in [0.25, 0.3) is 0 Å². The molecule has 4 nitrogen and oxygen atoms in total. The molecule has 0 radical (unpaired) electrons. The van der Waals surface area contributed by atoms with Gasteiger partial charge in [0.15, 0.2) is 5.82 Å². The van der Waals surface area contributed by atoms with Crippen molar-refractivity contribution in [1.82, 2.24) is 9.97 Å². The molecule has 0 fully saturated rings. The van der Waals surface area contributed by atoms with E-state index in [1.807, 2.05) is 30.3 Å². The summed E-state index contributed by atoms with van der Waals surface area (Å²) in [6, 6.07) is 11.3. The fraction of sp³-hybridized carbons (Fsp3) is 0.0625. The van der Waals surface area contributed by atoms with Crippen molar-refractivity contribution in [2.24, 2.45) is 0 Å². The normalized spacial score (nSPS) is 10.7. The van der Waals surface area contributed by atoms with Gasteiger partial charge in [0.2, 0.25) is 5.91 Å². The standard InChI is InChI=1S/C16H11Cl2N3OS/c17-11-7-12(18)16(20-8-11)21-14(22)9-23-13-5-1-3-10-4-2-6-19-15(10)13/h1-8H,9H2,(H,20,21,22). The van der Waals surface area contributed by atoms with Crippen molar-refractivity contribution in [3.63, 3.8) is 0 Å². The molecule has 3 aromatic rings. The molecule has 1 amide bonds. The van der Waals surface area contributed by atoms with E-state index in [1.54, 1.807) is 6.20 Å². The lowest BCUT2D eigenvalue weighted by Gasteiger charge is -2.07. The number of aromatic nitrogens is 2. The van der Waals surface area contributed by atoms with E-state index in [0.717, 1.165) is 15.8 Å². The number of para-hydroxylation sites is 1. The maximum absolute atomic E-state index is 12.1. The predicted molar refractivity (Wildman–Crippen MR) is 95.4 cm³/mol. The summed E-state index contributed by atoms with van der Waals surface area (Å²) < 4.78 is 0. The third-order valence-electron chi connectivity index (χ3n) is 3.02. The van der Waals surface area contributed by atoms with Crippen LogP contribution < -0.4 is 5.32 Å². The number of carbonyl (C=O) groups is 1. The third-order valence-corrected chi connectivity index (χ3v) is 4.56. The van der Waals surface area contributed by atoms with Gasteiger partial charge in [-0.05, 0) is 18.2 Å². The summed E-state index contributed by atoms with van der Waals surface area (Å²) >= 11 is 13.2. The zero-order valence-electron chi connectivity index (χ0n) is 11.8. The second kappa shape index (κ2) is 7.17. The van der Waals surface area contributed by atoms with Crippen molar-refractivity contribution in [1.29, 1.82) is 0 Å². The molecule has 2 heterocycles. The molecule has 23 heavy (non-hydrogen) atoms. The summed E-state index contributed by atoms with van der Waals surface area (Å²) in [6.45, 7) is 0. The van der Waals surface area contributed by atoms with Gasteiger partial charge in [-0.15, -0.1) is 11.8 Å². The van der Waals surface area contributed by atoms with Crippen molar-refractivity contribution in [2.45, 2.75) is 4.90 Å². The maximum Gasteiger partial charge on any atom is 0.235 e. The fourth-order valence-electron chi connectivity index (χ4n) is 2.01. The van der Waals surface area contributed by atoms with Crippen LogP contribution in [0.2, 0.25) is 10.0 Å². The lowest BCUT2D eigenvalue weighted by Crippen LogP contribution is -2.15. The number of nitrogens with one attached hydrogen (secondary N) is 1. The van der Waals surface area contributed by atoms with Gasteiger partial charge in [-0.1, -0.05) is 41.4 Å². The number of amides is 1. The second-order valence-electron chi connectivity index (χ2n) is 4.65. The smallest absolute Gasteiger partial charge is 0.235 e. The van der Waals surface area contributed by atoms with Crippen LogP contribution in [0.1, 0.15) is 0 Å². The topological polar surface area (TPSA) is 54.9 Å². The van der Waals surface area contributed by atoms with E-state index in [0.29, 0.717) is 15.9 Å². The molecule has 3 rings (SSSR count). The summed E-state index contributed by atoms with van der Waals surface area (Å²) in [4.78, 5) is 21.4. The van der Waals surface area contributed by atoms with E-state index in [9.17, 15) is 4.79 Å². The lowest BCUT2D eigenvalue weighted by atomic mass is 10.2. The molecule has 1 aromatic carbocycles. The van der Waals surface area contributed by atoms with Crippen LogP contribution in [0.4, 0.5) is 5.82 Å². The van der Waals surface area contributed by atoms with Crippen LogP contribution in [0.25, 0.3) is 10.9 Å². The minimum absolute atomic E-state index is 0.195. The highest BCUT2D eigenvalue weighted by Crippen LogP contribution is 2.27. The van der Waals surface area contributed by atoms with Gasteiger partial charge in [0.05, 0.1) is 21.3 Å². The molecule has 0 saturated heterocycles. The molecule has 0 aliphatic rings. The third kappa shape index (κ3) is 3.93.